The SMILES string of the molecule is CC(C)c1noc(CN2CCN(S(=O)(=O)c3ccc4c(c3)OCCO4)CC2)n1. The maximum atomic E-state index is 13.0. The van der Waals surface area contributed by atoms with Gasteiger partial charge < -0.3 is 14.0 Å². The van der Waals surface area contributed by atoms with Gasteiger partial charge in [0.1, 0.15) is 13.2 Å². The highest BCUT2D eigenvalue weighted by Gasteiger charge is 2.30. The molecule has 2 aliphatic heterocycles. The third-order valence-electron chi connectivity index (χ3n) is 4.84. The maximum absolute atomic E-state index is 13.0. The second-order valence-corrected chi connectivity index (χ2v) is 9.12. The summed E-state index contributed by atoms with van der Waals surface area (Å²) in [7, 11) is -3.58. The van der Waals surface area contributed by atoms with E-state index in [1.54, 1.807) is 18.2 Å². The molecule has 0 aliphatic carbocycles. The summed E-state index contributed by atoms with van der Waals surface area (Å²) in [5.74, 6) is 2.52. The Morgan fingerprint density at radius 3 is 2.46 bits per heavy atom. The second kappa shape index (κ2) is 7.69. The summed E-state index contributed by atoms with van der Waals surface area (Å²) in [6.07, 6.45) is 0. The smallest absolute Gasteiger partial charge is 0.243 e. The summed E-state index contributed by atoms with van der Waals surface area (Å²) in [6.45, 7) is 7.45. The van der Waals surface area contributed by atoms with Gasteiger partial charge in [0.05, 0.1) is 11.4 Å². The summed E-state index contributed by atoms with van der Waals surface area (Å²) in [5.41, 5.74) is 0. The van der Waals surface area contributed by atoms with Crippen LogP contribution in [-0.2, 0) is 16.6 Å². The van der Waals surface area contributed by atoms with Gasteiger partial charge in [0, 0.05) is 38.2 Å². The quantitative estimate of drug-likeness (QED) is 0.734. The number of aromatic nitrogens is 2. The molecular formula is C18H24N4O5S. The molecular weight excluding hydrogens is 384 g/mol. The standard InChI is InChI=1S/C18H24N4O5S/c1-13(2)18-19-17(27-20-18)12-21-5-7-22(8-6-21)28(23,24)14-3-4-15-16(11-14)26-10-9-25-15/h3-4,11,13H,5-10,12H2,1-2H3. The van der Waals surface area contributed by atoms with Crippen LogP contribution in [0.2, 0.25) is 0 Å². The van der Waals surface area contributed by atoms with Crippen molar-refractivity contribution in [3.63, 3.8) is 0 Å². The molecule has 0 atom stereocenters. The van der Waals surface area contributed by atoms with E-state index < -0.39 is 10.0 Å². The Morgan fingerprint density at radius 1 is 1.07 bits per heavy atom. The number of rotatable bonds is 5. The van der Waals surface area contributed by atoms with E-state index in [-0.39, 0.29) is 10.8 Å². The first-order valence-electron chi connectivity index (χ1n) is 9.38. The Hall–Kier alpha value is -2.17. The van der Waals surface area contributed by atoms with Crippen LogP contribution >= 0.6 is 0 Å². The van der Waals surface area contributed by atoms with Crippen molar-refractivity contribution < 1.29 is 22.4 Å². The predicted molar refractivity (Wildman–Crippen MR) is 99.9 cm³/mol. The number of piperazine rings is 1. The van der Waals surface area contributed by atoms with Crippen molar-refractivity contribution in [3.8, 4) is 11.5 Å². The Morgan fingerprint density at radius 2 is 1.79 bits per heavy atom. The Bertz CT molecular complexity index is 935. The van der Waals surface area contributed by atoms with Crippen molar-refractivity contribution >= 4 is 10.0 Å². The van der Waals surface area contributed by atoms with Gasteiger partial charge in [-0.3, -0.25) is 4.90 Å². The molecule has 4 rings (SSSR count). The van der Waals surface area contributed by atoms with Gasteiger partial charge in [-0.05, 0) is 12.1 Å². The Kier molecular flexibility index (Phi) is 5.26. The fourth-order valence-corrected chi connectivity index (χ4v) is 4.66. The van der Waals surface area contributed by atoms with E-state index in [0.717, 1.165) is 0 Å². The first kappa shape index (κ1) is 19.2. The van der Waals surface area contributed by atoms with Gasteiger partial charge in [-0.2, -0.15) is 9.29 Å². The van der Waals surface area contributed by atoms with Gasteiger partial charge in [-0.15, -0.1) is 0 Å². The van der Waals surface area contributed by atoms with Crippen LogP contribution in [0, 0.1) is 0 Å². The summed E-state index contributed by atoms with van der Waals surface area (Å²) >= 11 is 0. The lowest BCUT2D eigenvalue weighted by atomic mass is 10.2. The van der Waals surface area contributed by atoms with Crippen molar-refractivity contribution in [2.75, 3.05) is 39.4 Å². The number of hydrogen-bond acceptors (Lipinski definition) is 8. The van der Waals surface area contributed by atoms with Gasteiger partial charge in [-0.1, -0.05) is 19.0 Å². The molecule has 1 aromatic heterocycles. The minimum Gasteiger partial charge on any atom is -0.486 e. The first-order valence-corrected chi connectivity index (χ1v) is 10.8. The lowest BCUT2D eigenvalue weighted by Crippen LogP contribution is -2.48. The van der Waals surface area contributed by atoms with Crippen molar-refractivity contribution in [2.24, 2.45) is 0 Å². The average Bonchev–Trinajstić information content (AvgIpc) is 3.17. The van der Waals surface area contributed by atoms with Crippen LogP contribution in [0.5, 0.6) is 11.5 Å². The highest BCUT2D eigenvalue weighted by molar-refractivity contribution is 7.89. The molecule has 10 heteroatoms. The van der Waals surface area contributed by atoms with E-state index >= 15 is 0 Å². The molecule has 0 spiro atoms. The highest BCUT2D eigenvalue weighted by atomic mass is 32.2. The molecule has 152 valence electrons. The summed E-state index contributed by atoms with van der Waals surface area (Å²) < 4.78 is 43.7. The number of hydrogen-bond donors (Lipinski definition) is 0. The lowest BCUT2D eigenvalue weighted by molar-refractivity contribution is 0.163. The van der Waals surface area contributed by atoms with Crippen LogP contribution in [0.4, 0.5) is 0 Å². The molecule has 9 nitrogen and oxygen atoms in total. The molecule has 0 saturated carbocycles. The van der Waals surface area contributed by atoms with E-state index in [1.807, 2.05) is 13.8 Å². The van der Waals surface area contributed by atoms with Crippen molar-refractivity contribution in [1.82, 2.24) is 19.3 Å². The molecule has 0 radical (unpaired) electrons. The number of fused-ring (bicyclic) bond motifs is 1. The van der Waals surface area contributed by atoms with E-state index in [9.17, 15) is 8.42 Å². The van der Waals surface area contributed by atoms with Crippen molar-refractivity contribution in [2.45, 2.75) is 31.2 Å². The number of nitrogens with zero attached hydrogens (tertiary/aromatic N) is 4. The number of benzene rings is 1. The predicted octanol–water partition coefficient (Wildman–Crippen LogP) is 1.47. The van der Waals surface area contributed by atoms with Crippen LogP contribution in [0.15, 0.2) is 27.6 Å². The monoisotopic (exact) mass is 408 g/mol. The lowest BCUT2D eigenvalue weighted by Gasteiger charge is -2.33. The van der Waals surface area contributed by atoms with Crippen LogP contribution in [0.25, 0.3) is 0 Å². The molecule has 28 heavy (non-hydrogen) atoms. The molecule has 1 aromatic carbocycles. The van der Waals surface area contributed by atoms with Crippen LogP contribution < -0.4 is 9.47 Å². The highest BCUT2D eigenvalue weighted by Crippen LogP contribution is 2.33. The Labute approximate surface area is 164 Å². The maximum Gasteiger partial charge on any atom is 0.243 e. The zero-order valence-corrected chi connectivity index (χ0v) is 16.8. The minimum atomic E-state index is -3.58. The van der Waals surface area contributed by atoms with Crippen LogP contribution in [-0.4, -0.2) is 67.2 Å². The molecule has 0 amide bonds. The van der Waals surface area contributed by atoms with Gasteiger partial charge in [-0.25, -0.2) is 8.42 Å². The summed E-state index contributed by atoms with van der Waals surface area (Å²) in [5, 5.41) is 3.97. The molecule has 0 bridgehead atoms. The zero-order valence-electron chi connectivity index (χ0n) is 16.0. The number of sulfonamides is 1. The van der Waals surface area contributed by atoms with Gasteiger partial charge in [0.25, 0.3) is 0 Å². The van der Waals surface area contributed by atoms with E-state index in [4.69, 9.17) is 14.0 Å². The van der Waals surface area contributed by atoms with E-state index in [2.05, 4.69) is 15.0 Å². The molecule has 1 fully saturated rings. The summed E-state index contributed by atoms with van der Waals surface area (Å²) in [6, 6.07) is 4.77. The van der Waals surface area contributed by atoms with Gasteiger partial charge in [0.2, 0.25) is 15.9 Å². The fourth-order valence-electron chi connectivity index (χ4n) is 3.22. The largest absolute Gasteiger partial charge is 0.486 e. The van der Waals surface area contributed by atoms with Crippen LogP contribution in [0.3, 0.4) is 0 Å². The molecule has 1 saturated heterocycles. The topological polar surface area (TPSA) is 98.0 Å². The average molecular weight is 408 g/mol. The van der Waals surface area contributed by atoms with E-state index in [1.165, 1.54) is 4.31 Å². The van der Waals surface area contributed by atoms with Gasteiger partial charge in [0.15, 0.2) is 17.3 Å². The fraction of sp³-hybridized carbons (Fsp3) is 0.556. The Balaban J connectivity index is 1.39. The van der Waals surface area contributed by atoms with Crippen LogP contribution in [0.1, 0.15) is 31.5 Å². The normalized spacial score (nSPS) is 18.5. The molecule has 2 aliphatic rings. The second-order valence-electron chi connectivity index (χ2n) is 7.19. The van der Waals surface area contributed by atoms with Gasteiger partial charge >= 0.3 is 0 Å². The third-order valence-corrected chi connectivity index (χ3v) is 6.74. The van der Waals surface area contributed by atoms with Crippen molar-refractivity contribution in [3.05, 3.63) is 29.9 Å². The molecule has 2 aromatic rings. The summed E-state index contributed by atoms with van der Waals surface area (Å²) in [4.78, 5) is 6.73. The molecule has 0 unspecified atom stereocenters. The molecule has 3 heterocycles. The van der Waals surface area contributed by atoms with E-state index in [0.29, 0.717) is 69.2 Å². The zero-order chi connectivity index (χ0) is 19.7. The third kappa shape index (κ3) is 3.85. The van der Waals surface area contributed by atoms with Crippen molar-refractivity contribution in [1.29, 1.82) is 0 Å². The molecule has 0 N–H and O–H groups in total. The first-order chi connectivity index (χ1) is 13.4. The number of ether oxygens (including phenoxy) is 2. The minimum absolute atomic E-state index is 0.213.